The molecule has 4 rings (SSSR count). The van der Waals surface area contributed by atoms with E-state index in [1.54, 1.807) is 29.2 Å². The molecule has 186 valence electrons. The average Bonchev–Trinajstić information content (AvgIpc) is 3.30. The van der Waals surface area contributed by atoms with E-state index in [0.717, 1.165) is 29.9 Å². The van der Waals surface area contributed by atoms with Crippen LogP contribution in [0.15, 0.2) is 36.7 Å². The second-order valence-corrected chi connectivity index (χ2v) is 9.81. The van der Waals surface area contributed by atoms with Crippen molar-refractivity contribution in [3.8, 4) is 17.2 Å². The summed E-state index contributed by atoms with van der Waals surface area (Å²) in [5.41, 5.74) is 3.39. The van der Waals surface area contributed by atoms with Crippen LogP contribution in [0.25, 0.3) is 17.2 Å². The highest BCUT2D eigenvalue weighted by atomic mass is 19.1. The molecular formula is C26H33FN6O2. The number of amides is 1. The highest BCUT2D eigenvalue weighted by molar-refractivity contribution is 5.95. The molecule has 0 unspecified atom stereocenters. The predicted molar refractivity (Wildman–Crippen MR) is 132 cm³/mol. The number of hydrogen-bond donors (Lipinski definition) is 1. The zero-order valence-electron chi connectivity index (χ0n) is 21.0. The lowest BCUT2D eigenvalue weighted by molar-refractivity contribution is -0.00923. The van der Waals surface area contributed by atoms with Crippen LogP contribution in [0, 0.1) is 12.7 Å². The third-order valence-electron chi connectivity index (χ3n) is 6.41. The molecule has 0 radical (unpaired) electrons. The predicted octanol–water partition coefficient (Wildman–Crippen LogP) is 3.74. The molecular weight excluding hydrogens is 447 g/mol. The molecule has 0 atom stereocenters. The van der Waals surface area contributed by atoms with Gasteiger partial charge in [-0.2, -0.15) is 5.10 Å². The Morgan fingerprint density at radius 3 is 2.51 bits per heavy atom. The van der Waals surface area contributed by atoms with Gasteiger partial charge >= 0.3 is 0 Å². The second-order valence-electron chi connectivity index (χ2n) is 9.81. The number of rotatable bonds is 7. The average molecular weight is 481 g/mol. The van der Waals surface area contributed by atoms with E-state index in [4.69, 9.17) is 9.72 Å². The lowest BCUT2D eigenvalue weighted by atomic mass is 10.0. The largest absolute Gasteiger partial charge is 0.379 e. The van der Waals surface area contributed by atoms with Crippen LogP contribution in [0.5, 0.6) is 0 Å². The van der Waals surface area contributed by atoms with Gasteiger partial charge in [-0.15, -0.1) is 0 Å². The standard InChI is InChI=1S/C26H33FN6O2/c1-17(2)23-21(24(34)29-16-26(4,5)32-10-12-35-13-11-32)15-30-33(23)25-28-14-18(3)22(31-25)19-6-8-20(27)9-7-19/h6-9,14-15,17H,10-13,16H2,1-5H3,(H,29,34). The molecule has 1 saturated heterocycles. The first-order valence-corrected chi connectivity index (χ1v) is 12.0. The summed E-state index contributed by atoms with van der Waals surface area (Å²) in [6, 6.07) is 6.20. The van der Waals surface area contributed by atoms with Crippen molar-refractivity contribution in [3.05, 3.63) is 59.3 Å². The quantitative estimate of drug-likeness (QED) is 0.555. The lowest BCUT2D eigenvalue weighted by Crippen LogP contribution is -2.55. The molecule has 2 aromatic heterocycles. The van der Waals surface area contributed by atoms with Gasteiger partial charge in [-0.25, -0.2) is 19.0 Å². The molecule has 3 aromatic rings. The Hall–Kier alpha value is -3.17. The SMILES string of the molecule is Cc1cnc(-n2ncc(C(=O)NCC(C)(C)N3CCOCC3)c2C(C)C)nc1-c1ccc(F)cc1. The monoisotopic (exact) mass is 480 g/mol. The minimum atomic E-state index is -0.303. The molecule has 1 N–H and O–H groups in total. The molecule has 0 spiro atoms. The fraction of sp³-hybridized carbons (Fsp3) is 0.462. The van der Waals surface area contributed by atoms with Gasteiger partial charge in [0.15, 0.2) is 0 Å². The van der Waals surface area contributed by atoms with E-state index in [9.17, 15) is 9.18 Å². The Labute approximate surface area is 205 Å². The molecule has 1 aromatic carbocycles. The summed E-state index contributed by atoms with van der Waals surface area (Å²) in [7, 11) is 0. The van der Waals surface area contributed by atoms with Crippen molar-refractivity contribution in [1.29, 1.82) is 0 Å². The fourth-order valence-corrected chi connectivity index (χ4v) is 4.35. The molecule has 8 nitrogen and oxygen atoms in total. The number of morpholine rings is 1. The maximum atomic E-state index is 13.4. The first kappa shape index (κ1) is 24.9. The van der Waals surface area contributed by atoms with E-state index in [0.29, 0.717) is 37.0 Å². The number of carbonyl (C=O) groups is 1. The summed E-state index contributed by atoms with van der Waals surface area (Å²) >= 11 is 0. The Morgan fingerprint density at radius 1 is 1.17 bits per heavy atom. The van der Waals surface area contributed by atoms with Gasteiger partial charge < -0.3 is 10.1 Å². The van der Waals surface area contributed by atoms with Gasteiger partial charge in [0, 0.05) is 36.9 Å². The van der Waals surface area contributed by atoms with Crippen molar-refractivity contribution in [1.82, 2.24) is 30.0 Å². The molecule has 1 amide bonds. The van der Waals surface area contributed by atoms with E-state index < -0.39 is 0 Å². The van der Waals surface area contributed by atoms with Crippen molar-refractivity contribution in [2.24, 2.45) is 0 Å². The number of nitrogens with one attached hydrogen (secondary N) is 1. The van der Waals surface area contributed by atoms with Gasteiger partial charge in [-0.05, 0) is 56.5 Å². The van der Waals surface area contributed by atoms with Crippen LogP contribution in [-0.4, -0.2) is 68.9 Å². The molecule has 0 saturated carbocycles. The lowest BCUT2D eigenvalue weighted by Gasteiger charge is -2.40. The van der Waals surface area contributed by atoms with E-state index in [1.807, 2.05) is 20.8 Å². The smallest absolute Gasteiger partial charge is 0.254 e. The third-order valence-corrected chi connectivity index (χ3v) is 6.41. The van der Waals surface area contributed by atoms with Crippen molar-refractivity contribution in [2.45, 2.75) is 46.1 Å². The minimum Gasteiger partial charge on any atom is -0.379 e. The Balaban J connectivity index is 1.60. The molecule has 0 aliphatic carbocycles. The molecule has 0 bridgehead atoms. The molecule has 1 fully saturated rings. The summed E-state index contributed by atoms with van der Waals surface area (Å²) < 4.78 is 20.5. The number of benzene rings is 1. The molecule has 3 heterocycles. The van der Waals surface area contributed by atoms with Crippen LogP contribution in [0.1, 0.15) is 55.2 Å². The number of aromatic nitrogens is 4. The van der Waals surface area contributed by atoms with Crippen LogP contribution in [0.3, 0.4) is 0 Å². The van der Waals surface area contributed by atoms with E-state index in [2.05, 4.69) is 34.1 Å². The van der Waals surface area contributed by atoms with Gasteiger partial charge in [0.05, 0.1) is 36.4 Å². The number of ether oxygens (including phenoxy) is 1. The van der Waals surface area contributed by atoms with E-state index in [1.165, 1.54) is 12.1 Å². The molecule has 9 heteroatoms. The van der Waals surface area contributed by atoms with Crippen LogP contribution in [-0.2, 0) is 4.74 Å². The summed E-state index contributed by atoms with van der Waals surface area (Å²) in [5.74, 6) is -0.106. The summed E-state index contributed by atoms with van der Waals surface area (Å²) in [6.07, 6.45) is 3.30. The maximum absolute atomic E-state index is 13.4. The second kappa shape index (κ2) is 10.2. The molecule has 1 aliphatic rings. The van der Waals surface area contributed by atoms with Crippen molar-refractivity contribution < 1.29 is 13.9 Å². The normalized spacial score (nSPS) is 14.9. The van der Waals surface area contributed by atoms with Crippen molar-refractivity contribution in [3.63, 3.8) is 0 Å². The summed E-state index contributed by atoms with van der Waals surface area (Å²) in [5, 5.41) is 7.58. The summed E-state index contributed by atoms with van der Waals surface area (Å²) in [4.78, 5) is 24.8. The fourth-order valence-electron chi connectivity index (χ4n) is 4.35. The number of nitrogens with zero attached hydrogens (tertiary/aromatic N) is 5. The highest BCUT2D eigenvalue weighted by Gasteiger charge is 2.30. The van der Waals surface area contributed by atoms with Gasteiger partial charge in [0.25, 0.3) is 11.9 Å². The van der Waals surface area contributed by atoms with Crippen LogP contribution >= 0.6 is 0 Å². The van der Waals surface area contributed by atoms with Gasteiger partial charge in [0.2, 0.25) is 0 Å². The number of hydrogen-bond acceptors (Lipinski definition) is 6. The Bertz CT molecular complexity index is 1180. The zero-order chi connectivity index (χ0) is 25.2. The van der Waals surface area contributed by atoms with Crippen LogP contribution < -0.4 is 5.32 Å². The van der Waals surface area contributed by atoms with Gasteiger partial charge in [-0.3, -0.25) is 9.69 Å². The molecule has 35 heavy (non-hydrogen) atoms. The van der Waals surface area contributed by atoms with E-state index >= 15 is 0 Å². The number of aryl methyl sites for hydroxylation is 1. The Morgan fingerprint density at radius 2 is 1.86 bits per heavy atom. The highest BCUT2D eigenvalue weighted by Crippen LogP contribution is 2.25. The van der Waals surface area contributed by atoms with E-state index in [-0.39, 0.29) is 23.2 Å². The maximum Gasteiger partial charge on any atom is 0.254 e. The van der Waals surface area contributed by atoms with Crippen molar-refractivity contribution >= 4 is 5.91 Å². The minimum absolute atomic E-state index is 0.00433. The molecule has 1 aliphatic heterocycles. The zero-order valence-corrected chi connectivity index (χ0v) is 21.0. The van der Waals surface area contributed by atoms with Crippen LogP contribution in [0.4, 0.5) is 4.39 Å². The van der Waals surface area contributed by atoms with Crippen molar-refractivity contribution in [2.75, 3.05) is 32.8 Å². The summed E-state index contributed by atoms with van der Waals surface area (Å²) in [6.45, 7) is 13.8. The Kier molecular flexibility index (Phi) is 7.28. The van der Waals surface area contributed by atoms with Gasteiger partial charge in [0.1, 0.15) is 5.82 Å². The number of halogens is 1. The first-order valence-electron chi connectivity index (χ1n) is 12.0. The first-order chi connectivity index (χ1) is 16.7. The topological polar surface area (TPSA) is 85.2 Å². The van der Waals surface area contributed by atoms with Crippen LogP contribution in [0.2, 0.25) is 0 Å². The van der Waals surface area contributed by atoms with Gasteiger partial charge in [-0.1, -0.05) is 13.8 Å². The third kappa shape index (κ3) is 5.41. The number of carbonyl (C=O) groups excluding carboxylic acids is 1.